The van der Waals surface area contributed by atoms with Crippen LogP contribution in [0.5, 0.6) is 0 Å². The summed E-state index contributed by atoms with van der Waals surface area (Å²) in [5.41, 5.74) is 3.02. The lowest BCUT2D eigenvalue weighted by molar-refractivity contribution is -0.140. The van der Waals surface area contributed by atoms with Gasteiger partial charge >= 0.3 is 0 Å². The van der Waals surface area contributed by atoms with Crippen molar-refractivity contribution in [2.45, 2.75) is 53.6 Å². The first-order chi connectivity index (χ1) is 16.3. The number of nitrogens with zero attached hydrogens (tertiary/aromatic N) is 2. The van der Waals surface area contributed by atoms with Crippen molar-refractivity contribution >= 4 is 39.1 Å². The summed E-state index contributed by atoms with van der Waals surface area (Å²) in [5.74, 6) is -0.477. The molecule has 9 heteroatoms. The molecule has 0 spiro atoms. The number of anilines is 1. The molecular formula is C26H36ClN3O4S. The van der Waals surface area contributed by atoms with Gasteiger partial charge in [0.05, 0.1) is 11.9 Å². The van der Waals surface area contributed by atoms with E-state index < -0.39 is 28.5 Å². The third-order valence-corrected chi connectivity index (χ3v) is 7.21. The molecule has 35 heavy (non-hydrogen) atoms. The average molecular weight is 522 g/mol. The first-order valence-electron chi connectivity index (χ1n) is 11.7. The molecule has 0 saturated carbocycles. The molecule has 1 unspecified atom stereocenters. The number of nitrogens with one attached hydrogen (secondary N) is 1. The number of carbonyl (C=O) groups excluding carboxylic acids is 2. The highest BCUT2D eigenvalue weighted by Gasteiger charge is 2.31. The lowest BCUT2D eigenvalue weighted by Gasteiger charge is -2.33. The molecule has 192 valence electrons. The van der Waals surface area contributed by atoms with Crippen LogP contribution >= 0.6 is 11.6 Å². The van der Waals surface area contributed by atoms with Crippen LogP contribution in [0.15, 0.2) is 42.5 Å². The van der Waals surface area contributed by atoms with Gasteiger partial charge in [-0.2, -0.15) is 0 Å². The Labute approximate surface area is 214 Å². The molecular weight excluding hydrogens is 486 g/mol. The molecule has 2 aromatic carbocycles. The molecule has 0 bridgehead atoms. The molecule has 0 radical (unpaired) electrons. The van der Waals surface area contributed by atoms with Gasteiger partial charge in [-0.3, -0.25) is 13.9 Å². The Kier molecular flexibility index (Phi) is 10.2. The largest absolute Gasteiger partial charge is 0.354 e. The smallest absolute Gasteiger partial charge is 0.244 e. The Hall–Kier alpha value is -2.58. The van der Waals surface area contributed by atoms with Gasteiger partial charge in [-0.05, 0) is 49.4 Å². The minimum absolute atomic E-state index is 0.180. The van der Waals surface area contributed by atoms with Crippen LogP contribution in [0.25, 0.3) is 0 Å². The highest BCUT2D eigenvalue weighted by Crippen LogP contribution is 2.25. The third kappa shape index (κ3) is 8.25. The number of sulfonamides is 1. The Morgan fingerprint density at radius 1 is 1.06 bits per heavy atom. The van der Waals surface area contributed by atoms with Gasteiger partial charge < -0.3 is 10.2 Å². The van der Waals surface area contributed by atoms with Crippen molar-refractivity contribution in [3.8, 4) is 0 Å². The van der Waals surface area contributed by atoms with Gasteiger partial charge in [0.25, 0.3) is 0 Å². The topological polar surface area (TPSA) is 86.8 Å². The van der Waals surface area contributed by atoms with Gasteiger partial charge in [0.1, 0.15) is 12.6 Å². The molecule has 0 aliphatic heterocycles. The number of hydrogen-bond donors (Lipinski definition) is 1. The second-order valence-corrected chi connectivity index (χ2v) is 11.6. The van der Waals surface area contributed by atoms with Crippen molar-refractivity contribution in [1.29, 1.82) is 0 Å². The molecule has 2 rings (SSSR count). The van der Waals surface area contributed by atoms with Crippen LogP contribution in [-0.2, 0) is 26.2 Å². The maximum Gasteiger partial charge on any atom is 0.244 e. The summed E-state index contributed by atoms with van der Waals surface area (Å²) in [6, 6.07) is 11.8. The van der Waals surface area contributed by atoms with E-state index in [0.29, 0.717) is 23.7 Å². The second kappa shape index (κ2) is 12.4. The third-order valence-electron chi connectivity index (χ3n) is 5.67. The van der Waals surface area contributed by atoms with Crippen LogP contribution in [0.2, 0.25) is 5.02 Å². The molecule has 2 amide bonds. The maximum absolute atomic E-state index is 13.6. The highest BCUT2D eigenvalue weighted by molar-refractivity contribution is 7.92. The number of carbonyl (C=O) groups is 2. The summed E-state index contributed by atoms with van der Waals surface area (Å²) in [7, 11) is -3.80. The fraction of sp³-hybridized carbons (Fsp3) is 0.462. The van der Waals surface area contributed by atoms with Crippen molar-refractivity contribution in [1.82, 2.24) is 10.2 Å². The second-order valence-electron chi connectivity index (χ2n) is 9.27. The first kappa shape index (κ1) is 28.7. The fourth-order valence-corrected chi connectivity index (χ4v) is 4.60. The number of amides is 2. The van der Waals surface area contributed by atoms with E-state index in [4.69, 9.17) is 11.6 Å². The SMILES string of the molecule is CCC(C(=O)NCC(C)C)N(Cc1ccc(C)cc1)C(=O)CN(c1ccc(C)c(Cl)c1)S(C)(=O)=O. The number of rotatable bonds is 11. The quantitative estimate of drug-likeness (QED) is 0.477. The van der Waals surface area contributed by atoms with Gasteiger partial charge in [0.2, 0.25) is 21.8 Å². The summed E-state index contributed by atoms with van der Waals surface area (Å²) in [5, 5.41) is 3.31. The Morgan fingerprint density at radius 2 is 1.69 bits per heavy atom. The van der Waals surface area contributed by atoms with Gasteiger partial charge in [-0.25, -0.2) is 8.42 Å². The van der Waals surface area contributed by atoms with Crippen molar-refractivity contribution in [3.63, 3.8) is 0 Å². The van der Waals surface area contributed by atoms with Crippen molar-refractivity contribution in [2.24, 2.45) is 5.92 Å². The van der Waals surface area contributed by atoms with Crippen molar-refractivity contribution in [2.75, 3.05) is 23.7 Å². The van der Waals surface area contributed by atoms with Crippen LogP contribution < -0.4 is 9.62 Å². The zero-order valence-electron chi connectivity index (χ0n) is 21.3. The van der Waals surface area contributed by atoms with E-state index >= 15 is 0 Å². The summed E-state index contributed by atoms with van der Waals surface area (Å²) in [6.45, 7) is 9.82. The number of aryl methyl sites for hydroxylation is 2. The van der Waals surface area contributed by atoms with Gasteiger partial charge in [0, 0.05) is 18.1 Å². The Balaban J connectivity index is 2.43. The summed E-state index contributed by atoms with van der Waals surface area (Å²) < 4.78 is 26.4. The van der Waals surface area contributed by atoms with E-state index in [1.54, 1.807) is 12.1 Å². The molecule has 0 aliphatic carbocycles. The summed E-state index contributed by atoms with van der Waals surface area (Å²) in [4.78, 5) is 28.2. The lowest BCUT2D eigenvalue weighted by Crippen LogP contribution is -2.52. The van der Waals surface area contributed by atoms with Gasteiger partial charge in [-0.1, -0.05) is 68.3 Å². The molecule has 1 atom stereocenters. The van der Waals surface area contributed by atoms with E-state index in [1.165, 1.54) is 11.0 Å². The predicted octanol–water partition coefficient (Wildman–Crippen LogP) is 4.30. The van der Waals surface area contributed by atoms with Crippen LogP contribution in [0.4, 0.5) is 5.69 Å². The lowest BCUT2D eigenvalue weighted by atomic mass is 10.1. The molecule has 1 N–H and O–H groups in total. The number of hydrogen-bond acceptors (Lipinski definition) is 4. The zero-order chi connectivity index (χ0) is 26.3. The average Bonchev–Trinajstić information content (AvgIpc) is 2.78. The predicted molar refractivity (Wildman–Crippen MR) is 142 cm³/mol. The molecule has 0 heterocycles. The zero-order valence-corrected chi connectivity index (χ0v) is 22.9. The van der Waals surface area contributed by atoms with Crippen LogP contribution in [0.1, 0.15) is 43.9 Å². The molecule has 2 aromatic rings. The molecule has 7 nitrogen and oxygen atoms in total. The Morgan fingerprint density at radius 3 is 2.20 bits per heavy atom. The monoisotopic (exact) mass is 521 g/mol. The minimum Gasteiger partial charge on any atom is -0.354 e. The van der Waals surface area contributed by atoms with Crippen LogP contribution in [0.3, 0.4) is 0 Å². The van der Waals surface area contributed by atoms with E-state index in [-0.39, 0.29) is 18.4 Å². The fourth-order valence-electron chi connectivity index (χ4n) is 3.58. The van der Waals surface area contributed by atoms with Crippen LogP contribution in [0, 0.1) is 19.8 Å². The van der Waals surface area contributed by atoms with E-state index in [9.17, 15) is 18.0 Å². The van der Waals surface area contributed by atoms with Crippen LogP contribution in [-0.4, -0.2) is 50.5 Å². The van der Waals surface area contributed by atoms with Crippen molar-refractivity contribution in [3.05, 3.63) is 64.2 Å². The molecule has 0 saturated heterocycles. The normalized spacial score (nSPS) is 12.3. The van der Waals surface area contributed by atoms with E-state index in [1.807, 2.05) is 58.9 Å². The van der Waals surface area contributed by atoms with E-state index in [0.717, 1.165) is 27.3 Å². The highest BCUT2D eigenvalue weighted by atomic mass is 35.5. The standard InChI is InChI=1S/C26H36ClN3O4S/c1-7-24(26(32)28-15-18(2)3)29(16-21-11-8-19(4)9-12-21)25(31)17-30(35(6,33)34)22-13-10-20(5)23(27)14-22/h8-14,18,24H,7,15-17H2,1-6H3,(H,28,32). The summed E-state index contributed by atoms with van der Waals surface area (Å²) in [6.07, 6.45) is 1.43. The van der Waals surface area contributed by atoms with Gasteiger partial charge in [0.15, 0.2) is 0 Å². The van der Waals surface area contributed by atoms with Gasteiger partial charge in [-0.15, -0.1) is 0 Å². The number of halogens is 1. The van der Waals surface area contributed by atoms with Crippen molar-refractivity contribution < 1.29 is 18.0 Å². The molecule has 0 aromatic heterocycles. The number of benzene rings is 2. The minimum atomic E-state index is -3.80. The Bertz CT molecular complexity index is 1130. The maximum atomic E-state index is 13.6. The summed E-state index contributed by atoms with van der Waals surface area (Å²) >= 11 is 6.23. The first-order valence-corrected chi connectivity index (χ1v) is 13.9. The molecule has 0 aliphatic rings. The molecule has 0 fully saturated rings. The van der Waals surface area contributed by atoms with E-state index in [2.05, 4.69) is 5.32 Å².